The highest BCUT2D eigenvalue weighted by Gasteiger charge is 2.40. The molecule has 4 heterocycles. The van der Waals surface area contributed by atoms with Gasteiger partial charge in [-0.25, -0.2) is 14.2 Å². The Morgan fingerprint density at radius 1 is 1.02 bits per heavy atom. The van der Waals surface area contributed by atoms with E-state index in [1.54, 1.807) is 28.0 Å². The molecule has 2 N–H and O–H groups in total. The average Bonchev–Trinajstić information content (AvgIpc) is 3.01. The Morgan fingerprint density at radius 2 is 1.71 bits per heavy atom. The number of benzene rings is 1. The molecule has 0 aliphatic carbocycles. The van der Waals surface area contributed by atoms with E-state index in [0.29, 0.717) is 63.5 Å². The number of hydrogen-bond acceptors (Lipinski definition) is 9. The third-order valence-corrected chi connectivity index (χ3v) is 9.22. The number of aromatic nitrogens is 1. The lowest BCUT2D eigenvalue weighted by molar-refractivity contribution is -0.122. The van der Waals surface area contributed by atoms with Crippen LogP contribution in [0, 0.1) is 5.82 Å². The molecule has 0 spiro atoms. The van der Waals surface area contributed by atoms with Crippen LogP contribution in [0.1, 0.15) is 63.2 Å². The fourth-order valence-electron chi connectivity index (χ4n) is 6.72. The normalized spacial score (nSPS) is 23.7. The van der Waals surface area contributed by atoms with Gasteiger partial charge >= 0.3 is 6.09 Å². The van der Waals surface area contributed by atoms with Crippen LogP contribution >= 0.6 is 0 Å². The molecule has 2 fully saturated rings. The van der Waals surface area contributed by atoms with Crippen molar-refractivity contribution in [3.63, 3.8) is 0 Å². The summed E-state index contributed by atoms with van der Waals surface area (Å²) in [5, 5.41) is 0. The molecular weight excluding hydrogens is 619 g/mol. The van der Waals surface area contributed by atoms with Gasteiger partial charge in [-0.15, -0.1) is 0 Å². The van der Waals surface area contributed by atoms with E-state index in [-0.39, 0.29) is 66.7 Å². The summed E-state index contributed by atoms with van der Waals surface area (Å²) in [6, 6.07) is 8.00. The number of carbonyl (C=O) groups excluding carboxylic acids is 3. The first-order valence-electron chi connectivity index (χ1n) is 16.8. The van der Waals surface area contributed by atoms with Gasteiger partial charge in [-0.2, -0.15) is 0 Å². The first kappa shape index (κ1) is 35.5. The minimum absolute atomic E-state index is 0.0889. The number of nitrogens with zero attached hydrogens (tertiary/aromatic N) is 5. The van der Waals surface area contributed by atoms with Crippen LogP contribution in [-0.2, 0) is 27.1 Å². The van der Waals surface area contributed by atoms with Gasteiger partial charge < -0.3 is 29.7 Å². The van der Waals surface area contributed by atoms with Gasteiger partial charge in [0.05, 0.1) is 26.3 Å². The molecule has 5 rings (SSSR count). The molecule has 0 bridgehead atoms. The maximum absolute atomic E-state index is 14.2. The number of hydrogen-bond donors (Lipinski definition) is 1. The summed E-state index contributed by atoms with van der Waals surface area (Å²) in [6.07, 6.45) is 0.574. The molecule has 13 heteroatoms. The van der Waals surface area contributed by atoms with Crippen molar-refractivity contribution in [2.75, 3.05) is 57.4 Å². The van der Waals surface area contributed by atoms with Gasteiger partial charge in [-0.05, 0) is 83.7 Å². The second-order valence-electron chi connectivity index (χ2n) is 14.2. The van der Waals surface area contributed by atoms with E-state index in [2.05, 4.69) is 28.6 Å². The largest absolute Gasteiger partial charge is 0.474 e. The van der Waals surface area contributed by atoms with Crippen LogP contribution in [0.15, 0.2) is 30.3 Å². The van der Waals surface area contributed by atoms with E-state index in [9.17, 15) is 18.8 Å². The Bertz CT molecular complexity index is 1470. The highest BCUT2D eigenvalue weighted by atomic mass is 19.1. The van der Waals surface area contributed by atoms with Crippen LogP contribution < -0.4 is 15.4 Å². The number of amides is 3. The topological polar surface area (TPSA) is 131 Å². The van der Waals surface area contributed by atoms with Crippen LogP contribution in [0.5, 0.6) is 5.88 Å². The van der Waals surface area contributed by atoms with Crippen LogP contribution in [0.2, 0.25) is 0 Å². The number of fused-ring (bicyclic) bond motifs is 1. The highest BCUT2D eigenvalue weighted by Crippen LogP contribution is 2.33. The van der Waals surface area contributed by atoms with Crippen molar-refractivity contribution in [3.8, 4) is 5.88 Å². The molecule has 12 nitrogen and oxygen atoms in total. The van der Waals surface area contributed by atoms with Gasteiger partial charge in [0, 0.05) is 43.8 Å². The molecular formula is C35H49FN6O6. The van der Waals surface area contributed by atoms with E-state index in [0.717, 1.165) is 5.56 Å². The minimum Gasteiger partial charge on any atom is -0.474 e. The number of carbonyl (C=O) groups is 3. The zero-order chi connectivity index (χ0) is 34.7. The van der Waals surface area contributed by atoms with Crippen molar-refractivity contribution in [3.05, 3.63) is 53.0 Å². The van der Waals surface area contributed by atoms with Crippen LogP contribution in [0.4, 0.5) is 14.9 Å². The number of morpholine rings is 1. The second-order valence-corrected chi connectivity index (χ2v) is 14.2. The predicted octanol–water partition coefficient (Wildman–Crippen LogP) is 3.25. The van der Waals surface area contributed by atoms with E-state index in [4.69, 9.17) is 19.9 Å². The first-order chi connectivity index (χ1) is 22.7. The molecule has 0 saturated carbocycles. The number of aryl methyl sites for hydroxylation is 2. The van der Waals surface area contributed by atoms with E-state index in [1.807, 2.05) is 27.7 Å². The fraction of sp³-hybridized carbons (Fsp3) is 0.600. The summed E-state index contributed by atoms with van der Waals surface area (Å²) < 4.78 is 30.8. The molecule has 0 radical (unpaired) electrons. The predicted molar refractivity (Wildman–Crippen MR) is 179 cm³/mol. The van der Waals surface area contributed by atoms with Crippen LogP contribution in [0.3, 0.4) is 0 Å². The van der Waals surface area contributed by atoms with Crippen molar-refractivity contribution < 1.29 is 33.0 Å². The Hall–Kier alpha value is -3.81. The van der Waals surface area contributed by atoms with Crippen molar-refractivity contribution in [2.45, 2.75) is 84.2 Å². The minimum atomic E-state index is -0.690. The molecule has 262 valence electrons. The lowest BCUT2D eigenvalue weighted by Crippen LogP contribution is -2.65. The number of rotatable bonds is 8. The van der Waals surface area contributed by atoms with Gasteiger partial charge in [0.1, 0.15) is 29.4 Å². The fourth-order valence-corrected chi connectivity index (χ4v) is 6.72. The number of nitrogens with two attached hydrogens (primary N) is 1. The molecule has 2 saturated heterocycles. The summed E-state index contributed by atoms with van der Waals surface area (Å²) in [6.45, 7) is 15.3. The van der Waals surface area contributed by atoms with Gasteiger partial charge in [0.25, 0.3) is 5.91 Å². The van der Waals surface area contributed by atoms with E-state index in [1.165, 1.54) is 12.1 Å². The van der Waals surface area contributed by atoms with E-state index < -0.39 is 11.5 Å². The van der Waals surface area contributed by atoms with Crippen molar-refractivity contribution in [2.24, 2.45) is 5.73 Å². The summed E-state index contributed by atoms with van der Waals surface area (Å²) in [5.41, 5.74) is 7.12. The third kappa shape index (κ3) is 8.42. The molecule has 0 unspecified atom stereocenters. The lowest BCUT2D eigenvalue weighted by atomic mass is 10.0. The van der Waals surface area contributed by atoms with Crippen LogP contribution in [0.25, 0.3) is 0 Å². The molecule has 2 aromatic rings. The zero-order valence-corrected chi connectivity index (χ0v) is 28.9. The zero-order valence-electron chi connectivity index (χ0n) is 28.9. The smallest absolute Gasteiger partial charge is 0.410 e. The van der Waals surface area contributed by atoms with Crippen LogP contribution in [-0.4, -0.2) is 120 Å². The Kier molecular flexibility index (Phi) is 10.9. The molecule has 3 aliphatic rings. The quantitative estimate of drug-likeness (QED) is 0.451. The molecule has 3 aliphatic heterocycles. The molecule has 1 aromatic carbocycles. The maximum Gasteiger partial charge on any atom is 0.410 e. The van der Waals surface area contributed by atoms with Crippen molar-refractivity contribution >= 4 is 23.6 Å². The average molecular weight is 669 g/mol. The summed E-state index contributed by atoms with van der Waals surface area (Å²) >= 11 is 0. The second kappa shape index (κ2) is 14.8. The van der Waals surface area contributed by atoms with Gasteiger partial charge in [0.15, 0.2) is 0 Å². The molecule has 48 heavy (non-hydrogen) atoms. The standard InChI is InChI=1S/C35H49FN6O6/c1-22-16-39(28(17-41-23(2)20-46-21-24(41)3)18-42(22)34(45)48-35(4,5)6)19-30(43)40-13-14-47-33-29(40)15-26(31(38-33)32(37)44)10-7-25-8-11-27(36)12-9-25/h8-9,11-12,15,22-24,28H,7,10,13-14,16-21H2,1-6H3,(H2,37,44)/t22-,23-,24-,28+/m1/s1. The number of piperazine rings is 1. The first-order valence-corrected chi connectivity index (χ1v) is 16.8. The molecule has 3 amide bonds. The Morgan fingerprint density at radius 3 is 2.35 bits per heavy atom. The number of pyridine rings is 1. The van der Waals surface area contributed by atoms with Gasteiger partial charge in [0.2, 0.25) is 11.8 Å². The third-order valence-electron chi connectivity index (χ3n) is 9.22. The summed E-state index contributed by atoms with van der Waals surface area (Å²) in [4.78, 5) is 52.3. The SMILES string of the molecule is C[C@@H]1CN(CC(=O)N2CCOc3nc(C(N)=O)c(CCc4ccc(F)cc4)cc32)[C@@H](CN2[C@H](C)COC[C@H]2C)CN1C(=O)OC(C)(C)C. The van der Waals surface area contributed by atoms with E-state index >= 15 is 0 Å². The number of anilines is 1. The van der Waals surface area contributed by atoms with Crippen molar-refractivity contribution in [1.82, 2.24) is 19.7 Å². The molecule has 4 atom stereocenters. The molecule has 1 aromatic heterocycles. The highest BCUT2D eigenvalue weighted by molar-refractivity contribution is 5.98. The lowest BCUT2D eigenvalue weighted by Gasteiger charge is -2.49. The Balaban J connectivity index is 1.38. The number of ether oxygens (including phenoxy) is 3. The summed E-state index contributed by atoms with van der Waals surface area (Å²) in [5.74, 6) is -0.964. The van der Waals surface area contributed by atoms with Gasteiger partial charge in [-0.1, -0.05) is 12.1 Å². The Labute approximate surface area is 282 Å². The van der Waals surface area contributed by atoms with Crippen molar-refractivity contribution in [1.29, 1.82) is 0 Å². The number of halogens is 1. The summed E-state index contributed by atoms with van der Waals surface area (Å²) in [7, 11) is 0. The monoisotopic (exact) mass is 668 g/mol. The van der Waals surface area contributed by atoms with Gasteiger partial charge in [-0.3, -0.25) is 19.4 Å². The maximum atomic E-state index is 14.2. The number of primary amides is 1.